The molecular formula is C16H20N2O3. The van der Waals surface area contributed by atoms with Crippen molar-refractivity contribution in [3.05, 3.63) is 40.3 Å². The van der Waals surface area contributed by atoms with Crippen molar-refractivity contribution >= 4 is 0 Å². The highest BCUT2D eigenvalue weighted by atomic mass is 16.5. The second kappa shape index (κ2) is 5.41. The fraction of sp³-hybridized carbons (Fsp3) is 0.438. The zero-order valence-corrected chi connectivity index (χ0v) is 12.8. The lowest BCUT2D eigenvalue weighted by Crippen LogP contribution is -2.31. The predicted octanol–water partition coefficient (Wildman–Crippen LogP) is 2.54. The van der Waals surface area contributed by atoms with Crippen molar-refractivity contribution in [1.29, 1.82) is 0 Å². The standard InChI is InChI=1S/C16H20N2O3/c1-9-15(10(2)21-18-9)16-12-8-14(20-4)13(19-3)7-11(12)5-6-17-16/h7-8,16-17H,5-6H2,1-4H3. The summed E-state index contributed by atoms with van der Waals surface area (Å²) >= 11 is 0. The average molecular weight is 288 g/mol. The van der Waals surface area contributed by atoms with Gasteiger partial charge >= 0.3 is 0 Å². The lowest BCUT2D eigenvalue weighted by Gasteiger charge is -2.28. The third kappa shape index (κ3) is 2.27. The Kier molecular flexibility index (Phi) is 3.59. The number of hydrogen-bond donors (Lipinski definition) is 1. The highest BCUT2D eigenvalue weighted by Gasteiger charge is 2.28. The smallest absolute Gasteiger partial charge is 0.161 e. The summed E-state index contributed by atoms with van der Waals surface area (Å²) in [6, 6.07) is 4.21. The van der Waals surface area contributed by atoms with Gasteiger partial charge in [-0.05, 0) is 43.5 Å². The molecule has 0 aliphatic carbocycles. The van der Waals surface area contributed by atoms with Gasteiger partial charge in [0, 0.05) is 12.1 Å². The number of aromatic nitrogens is 1. The van der Waals surface area contributed by atoms with Crippen LogP contribution in [0, 0.1) is 13.8 Å². The Morgan fingerprint density at radius 2 is 1.90 bits per heavy atom. The van der Waals surface area contributed by atoms with E-state index in [1.165, 1.54) is 11.1 Å². The lowest BCUT2D eigenvalue weighted by molar-refractivity contribution is 0.352. The lowest BCUT2D eigenvalue weighted by atomic mass is 9.88. The van der Waals surface area contributed by atoms with Crippen molar-refractivity contribution in [2.24, 2.45) is 0 Å². The molecule has 0 spiro atoms. The maximum Gasteiger partial charge on any atom is 0.161 e. The van der Waals surface area contributed by atoms with Gasteiger partial charge in [-0.15, -0.1) is 0 Å². The van der Waals surface area contributed by atoms with Gasteiger partial charge in [-0.25, -0.2) is 0 Å². The van der Waals surface area contributed by atoms with Gasteiger partial charge < -0.3 is 19.3 Å². The van der Waals surface area contributed by atoms with Crippen LogP contribution in [0.2, 0.25) is 0 Å². The molecule has 0 bridgehead atoms. The highest BCUT2D eigenvalue weighted by molar-refractivity contribution is 5.52. The molecule has 112 valence electrons. The summed E-state index contributed by atoms with van der Waals surface area (Å²) in [6.07, 6.45) is 0.968. The van der Waals surface area contributed by atoms with E-state index >= 15 is 0 Å². The largest absolute Gasteiger partial charge is 0.493 e. The Labute approximate surface area is 124 Å². The first-order chi connectivity index (χ1) is 10.2. The highest BCUT2D eigenvalue weighted by Crippen LogP contribution is 2.38. The van der Waals surface area contributed by atoms with Crippen molar-refractivity contribution in [2.75, 3.05) is 20.8 Å². The maximum atomic E-state index is 5.44. The Morgan fingerprint density at radius 1 is 1.19 bits per heavy atom. The van der Waals surface area contributed by atoms with Gasteiger partial charge in [0.2, 0.25) is 0 Å². The van der Waals surface area contributed by atoms with Crippen molar-refractivity contribution in [1.82, 2.24) is 10.5 Å². The number of rotatable bonds is 3. The Bertz CT molecular complexity index is 644. The molecule has 0 saturated carbocycles. The molecule has 21 heavy (non-hydrogen) atoms. The maximum absolute atomic E-state index is 5.44. The van der Waals surface area contributed by atoms with Gasteiger partial charge in [0.1, 0.15) is 5.76 Å². The van der Waals surface area contributed by atoms with Crippen LogP contribution in [-0.4, -0.2) is 25.9 Å². The number of ether oxygens (including phenoxy) is 2. The molecule has 1 aliphatic heterocycles. The number of fused-ring (bicyclic) bond motifs is 1. The van der Waals surface area contributed by atoms with Crippen molar-refractivity contribution in [3.8, 4) is 11.5 Å². The van der Waals surface area contributed by atoms with E-state index in [9.17, 15) is 0 Å². The van der Waals surface area contributed by atoms with Gasteiger partial charge in [0.25, 0.3) is 0 Å². The van der Waals surface area contributed by atoms with E-state index in [1.807, 2.05) is 13.8 Å². The summed E-state index contributed by atoms with van der Waals surface area (Å²) in [7, 11) is 3.32. The predicted molar refractivity (Wildman–Crippen MR) is 79.1 cm³/mol. The summed E-state index contributed by atoms with van der Waals surface area (Å²) < 4.78 is 16.2. The third-order valence-electron chi connectivity index (χ3n) is 4.08. The second-order valence-electron chi connectivity index (χ2n) is 5.28. The Balaban J connectivity index is 2.13. The van der Waals surface area contributed by atoms with Gasteiger partial charge in [-0.1, -0.05) is 5.16 Å². The van der Waals surface area contributed by atoms with E-state index in [2.05, 4.69) is 22.6 Å². The number of aryl methyl sites for hydroxylation is 2. The van der Waals surface area contributed by atoms with Crippen molar-refractivity contribution in [2.45, 2.75) is 26.3 Å². The molecule has 2 aromatic rings. The van der Waals surface area contributed by atoms with Gasteiger partial charge in [-0.2, -0.15) is 0 Å². The summed E-state index contributed by atoms with van der Waals surface area (Å²) in [5.41, 5.74) is 4.51. The van der Waals surface area contributed by atoms with Crippen LogP contribution >= 0.6 is 0 Å². The Morgan fingerprint density at radius 3 is 2.52 bits per heavy atom. The van der Waals surface area contributed by atoms with E-state index in [4.69, 9.17) is 14.0 Å². The minimum Gasteiger partial charge on any atom is -0.493 e. The first-order valence-corrected chi connectivity index (χ1v) is 7.06. The van der Waals surface area contributed by atoms with Gasteiger partial charge in [0.15, 0.2) is 11.5 Å². The molecule has 1 aliphatic rings. The van der Waals surface area contributed by atoms with Crippen LogP contribution < -0.4 is 14.8 Å². The molecule has 0 radical (unpaired) electrons. The topological polar surface area (TPSA) is 56.5 Å². The fourth-order valence-electron chi connectivity index (χ4n) is 3.04. The molecule has 1 aromatic heterocycles. The van der Waals surface area contributed by atoms with E-state index in [0.717, 1.165) is 41.5 Å². The van der Waals surface area contributed by atoms with E-state index in [0.29, 0.717) is 0 Å². The van der Waals surface area contributed by atoms with Crippen LogP contribution in [0.4, 0.5) is 0 Å². The molecule has 1 aromatic carbocycles. The number of hydrogen-bond acceptors (Lipinski definition) is 5. The fourth-order valence-corrected chi connectivity index (χ4v) is 3.04. The van der Waals surface area contributed by atoms with Gasteiger partial charge in [-0.3, -0.25) is 0 Å². The first-order valence-electron chi connectivity index (χ1n) is 7.06. The van der Waals surface area contributed by atoms with Crippen LogP contribution in [0.5, 0.6) is 11.5 Å². The minimum atomic E-state index is 0.0832. The number of nitrogens with zero attached hydrogens (tertiary/aromatic N) is 1. The normalized spacial score (nSPS) is 17.4. The quantitative estimate of drug-likeness (QED) is 0.940. The molecule has 3 rings (SSSR count). The minimum absolute atomic E-state index is 0.0832. The van der Waals surface area contributed by atoms with Crippen LogP contribution in [0.1, 0.15) is 34.2 Å². The SMILES string of the molecule is COc1cc2c(cc1OC)C(c1c(C)noc1C)NCC2. The van der Waals surface area contributed by atoms with Crippen LogP contribution in [0.3, 0.4) is 0 Å². The summed E-state index contributed by atoms with van der Waals surface area (Å²) in [4.78, 5) is 0. The zero-order valence-electron chi connectivity index (χ0n) is 12.8. The molecular weight excluding hydrogens is 268 g/mol. The number of methoxy groups -OCH3 is 2. The summed E-state index contributed by atoms with van der Waals surface area (Å²) in [5, 5.41) is 7.62. The van der Waals surface area contributed by atoms with E-state index in [-0.39, 0.29) is 6.04 Å². The van der Waals surface area contributed by atoms with Gasteiger partial charge in [0.05, 0.1) is 26.0 Å². The monoisotopic (exact) mass is 288 g/mol. The van der Waals surface area contributed by atoms with Crippen LogP contribution in [-0.2, 0) is 6.42 Å². The van der Waals surface area contributed by atoms with Crippen LogP contribution in [0.15, 0.2) is 16.7 Å². The first kappa shape index (κ1) is 13.9. The summed E-state index contributed by atoms with van der Waals surface area (Å²) in [6.45, 7) is 4.84. The molecule has 0 saturated heterocycles. The second-order valence-corrected chi connectivity index (χ2v) is 5.28. The molecule has 5 heteroatoms. The summed E-state index contributed by atoms with van der Waals surface area (Å²) in [5.74, 6) is 2.38. The van der Waals surface area contributed by atoms with Crippen LogP contribution in [0.25, 0.3) is 0 Å². The molecule has 2 heterocycles. The molecule has 1 atom stereocenters. The third-order valence-corrected chi connectivity index (χ3v) is 4.08. The van der Waals surface area contributed by atoms with Crippen molar-refractivity contribution in [3.63, 3.8) is 0 Å². The molecule has 0 amide bonds. The molecule has 1 N–H and O–H groups in total. The Hall–Kier alpha value is -2.01. The molecule has 1 unspecified atom stereocenters. The van der Waals surface area contributed by atoms with Crippen molar-refractivity contribution < 1.29 is 14.0 Å². The molecule has 5 nitrogen and oxygen atoms in total. The van der Waals surface area contributed by atoms with E-state index in [1.54, 1.807) is 14.2 Å². The molecule has 0 fully saturated rings. The van der Waals surface area contributed by atoms with E-state index < -0.39 is 0 Å². The average Bonchev–Trinajstić information content (AvgIpc) is 2.84. The zero-order chi connectivity index (χ0) is 15.0. The number of nitrogens with one attached hydrogen (secondary N) is 1. The number of benzene rings is 1.